The molecule has 92 valence electrons. The molecule has 1 aliphatic heterocycles. The number of aromatic nitrogens is 1. The molecule has 18 heavy (non-hydrogen) atoms. The first-order valence-electron chi connectivity index (χ1n) is 5.91. The molecule has 0 bridgehead atoms. The Bertz CT molecular complexity index is 566. The standard InChI is InChI=1S/C14H14BrN3/c15-11-4-5-12(17-6-11)8-18-7-10-2-1-3-14(16)13(10)9-18/h1-6H,7-9,16H2. The summed E-state index contributed by atoms with van der Waals surface area (Å²) in [5.41, 5.74) is 10.6. The highest BCUT2D eigenvalue weighted by molar-refractivity contribution is 9.10. The van der Waals surface area contributed by atoms with Gasteiger partial charge in [-0.1, -0.05) is 12.1 Å². The maximum Gasteiger partial charge on any atom is 0.0545 e. The summed E-state index contributed by atoms with van der Waals surface area (Å²) in [5, 5.41) is 0. The summed E-state index contributed by atoms with van der Waals surface area (Å²) in [7, 11) is 0. The van der Waals surface area contributed by atoms with E-state index in [-0.39, 0.29) is 0 Å². The monoisotopic (exact) mass is 303 g/mol. The predicted octanol–water partition coefficient (Wildman–Crippen LogP) is 2.94. The Labute approximate surface area is 115 Å². The van der Waals surface area contributed by atoms with Gasteiger partial charge >= 0.3 is 0 Å². The van der Waals surface area contributed by atoms with Crippen LogP contribution < -0.4 is 5.73 Å². The molecular formula is C14H14BrN3. The second-order valence-electron chi connectivity index (χ2n) is 4.60. The zero-order valence-electron chi connectivity index (χ0n) is 9.94. The van der Waals surface area contributed by atoms with Crippen molar-refractivity contribution in [3.05, 3.63) is 57.8 Å². The van der Waals surface area contributed by atoms with Crippen LogP contribution in [-0.2, 0) is 19.6 Å². The Morgan fingerprint density at radius 3 is 2.83 bits per heavy atom. The molecule has 0 radical (unpaired) electrons. The minimum Gasteiger partial charge on any atom is -0.398 e. The van der Waals surface area contributed by atoms with Crippen molar-refractivity contribution in [2.75, 3.05) is 5.73 Å². The molecule has 3 rings (SSSR count). The maximum absolute atomic E-state index is 6.00. The lowest BCUT2D eigenvalue weighted by Gasteiger charge is -2.14. The summed E-state index contributed by atoms with van der Waals surface area (Å²) in [5.74, 6) is 0. The van der Waals surface area contributed by atoms with Gasteiger partial charge in [-0.2, -0.15) is 0 Å². The molecule has 0 amide bonds. The average Bonchev–Trinajstić information content (AvgIpc) is 2.76. The van der Waals surface area contributed by atoms with Crippen molar-refractivity contribution in [2.45, 2.75) is 19.6 Å². The zero-order valence-corrected chi connectivity index (χ0v) is 11.5. The van der Waals surface area contributed by atoms with E-state index in [1.165, 1.54) is 11.1 Å². The van der Waals surface area contributed by atoms with Crippen LogP contribution in [0.5, 0.6) is 0 Å². The smallest absolute Gasteiger partial charge is 0.0545 e. The normalized spacial score (nSPS) is 14.7. The lowest BCUT2D eigenvalue weighted by Crippen LogP contribution is -2.16. The predicted molar refractivity (Wildman–Crippen MR) is 75.7 cm³/mol. The molecule has 4 heteroatoms. The highest BCUT2D eigenvalue weighted by Gasteiger charge is 2.20. The van der Waals surface area contributed by atoms with Gasteiger partial charge in [0, 0.05) is 36.0 Å². The Morgan fingerprint density at radius 1 is 1.22 bits per heavy atom. The van der Waals surface area contributed by atoms with E-state index in [4.69, 9.17) is 5.73 Å². The summed E-state index contributed by atoms with van der Waals surface area (Å²) >= 11 is 3.40. The molecule has 2 aromatic rings. The molecule has 0 saturated heterocycles. The Morgan fingerprint density at radius 2 is 2.11 bits per heavy atom. The van der Waals surface area contributed by atoms with Crippen molar-refractivity contribution in [3.63, 3.8) is 0 Å². The number of rotatable bonds is 2. The van der Waals surface area contributed by atoms with Gasteiger partial charge in [0.15, 0.2) is 0 Å². The van der Waals surface area contributed by atoms with Gasteiger partial charge in [0.1, 0.15) is 0 Å². The van der Waals surface area contributed by atoms with Gasteiger partial charge in [-0.05, 0) is 45.3 Å². The van der Waals surface area contributed by atoms with Crippen LogP contribution in [0, 0.1) is 0 Å². The Kier molecular flexibility index (Phi) is 3.06. The van der Waals surface area contributed by atoms with Crippen LogP contribution >= 0.6 is 15.9 Å². The van der Waals surface area contributed by atoms with Crippen LogP contribution in [0.25, 0.3) is 0 Å². The number of nitrogen functional groups attached to an aromatic ring is 1. The van der Waals surface area contributed by atoms with Crippen LogP contribution in [0.15, 0.2) is 41.0 Å². The third-order valence-corrected chi connectivity index (χ3v) is 3.73. The topological polar surface area (TPSA) is 42.1 Å². The van der Waals surface area contributed by atoms with Gasteiger partial charge in [0.05, 0.1) is 5.69 Å². The summed E-state index contributed by atoms with van der Waals surface area (Å²) in [4.78, 5) is 6.77. The molecule has 2 N–H and O–H groups in total. The van der Waals surface area contributed by atoms with Gasteiger partial charge < -0.3 is 5.73 Å². The fourth-order valence-corrected chi connectivity index (χ4v) is 2.59. The Hall–Kier alpha value is -1.39. The largest absolute Gasteiger partial charge is 0.398 e. The summed E-state index contributed by atoms with van der Waals surface area (Å²) < 4.78 is 1.01. The lowest BCUT2D eigenvalue weighted by atomic mass is 10.1. The number of nitrogens with zero attached hydrogens (tertiary/aromatic N) is 2. The first kappa shape index (κ1) is 11.7. The summed E-state index contributed by atoms with van der Waals surface area (Å²) in [6.45, 7) is 2.74. The van der Waals surface area contributed by atoms with Gasteiger partial charge in [-0.3, -0.25) is 9.88 Å². The molecule has 0 atom stereocenters. The van der Waals surface area contributed by atoms with E-state index in [1.54, 1.807) is 0 Å². The molecule has 0 unspecified atom stereocenters. The first-order chi connectivity index (χ1) is 8.72. The SMILES string of the molecule is Nc1cccc2c1CN(Cc1ccc(Br)cn1)C2. The van der Waals surface area contributed by atoms with Crippen LogP contribution in [0.2, 0.25) is 0 Å². The van der Waals surface area contributed by atoms with Gasteiger partial charge in [-0.15, -0.1) is 0 Å². The van der Waals surface area contributed by atoms with Crippen molar-refractivity contribution in [2.24, 2.45) is 0 Å². The average molecular weight is 304 g/mol. The van der Waals surface area contributed by atoms with Crippen LogP contribution in [0.3, 0.4) is 0 Å². The zero-order chi connectivity index (χ0) is 12.5. The lowest BCUT2D eigenvalue weighted by molar-refractivity contribution is 0.272. The number of hydrogen-bond donors (Lipinski definition) is 1. The Balaban J connectivity index is 1.75. The van der Waals surface area contributed by atoms with Crippen LogP contribution in [-0.4, -0.2) is 9.88 Å². The minimum atomic E-state index is 0.862. The number of pyridine rings is 1. The molecule has 0 saturated carbocycles. The van der Waals surface area contributed by atoms with E-state index in [0.29, 0.717) is 0 Å². The van der Waals surface area contributed by atoms with Gasteiger partial charge in [-0.25, -0.2) is 0 Å². The van der Waals surface area contributed by atoms with Crippen molar-refractivity contribution in [1.82, 2.24) is 9.88 Å². The quantitative estimate of drug-likeness (QED) is 0.867. The van der Waals surface area contributed by atoms with Crippen molar-refractivity contribution in [3.8, 4) is 0 Å². The van der Waals surface area contributed by atoms with E-state index in [1.807, 2.05) is 24.4 Å². The number of nitrogens with two attached hydrogens (primary N) is 1. The van der Waals surface area contributed by atoms with Gasteiger partial charge in [0.25, 0.3) is 0 Å². The van der Waals surface area contributed by atoms with E-state index in [2.05, 4.69) is 37.9 Å². The van der Waals surface area contributed by atoms with E-state index in [9.17, 15) is 0 Å². The maximum atomic E-state index is 6.00. The van der Waals surface area contributed by atoms with Crippen molar-refractivity contribution >= 4 is 21.6 Å². The number of hydrogen-bond acceptors (Lipinski definition) is 3. The highest BCUT2D eigenvalue weighted by atomic mass is 79.9. The third-order valence-electron chi connectivity index (χ3n) is 3.26. The van der Waals surface area contributed by atoms with Crippen molar-refractivity contribution in [1.29, 1.82) is 0 Å². The molecular weight excluding hydrogens is 290 g/mol. The molecule has 0 aliphatic carbocycles. The molecule has 0 fully saturated rings. The summed E-state index contributed by atoms with van der Waals surface area (Å²) in [6, 6.07) is 10.2. The van der Waals surface area contributed by atoms with Crippen LogP contribution in [0.1, 0.15) is 16.8 Å². The number of anilines is 1. The number of fused-ring (bicyclic) bond motifs is 1. The molecule has 3 nitrogen and oxygen atoms in total. The van der Waals surface area contributed by atoms with E-state index >= 15 is 0 Å². The van der Waals surface area contributed by atoms with Crippen LogP contribution in [0.4, 0.5) is 5.69 Å². The minimum absolute atomic E-state index is 0.862. The van der Waals surface area contributed by atoms with Gasteiger partial charge in [0.2, 0.25) is 0 Å². The number of halogens is 1. The second-order valence-corrected chi connectivity index (χ2v) is 5.51. The van der Waals surface area contributed by atoms with E-state index in [0.717, 1.165) is 35.5 Å². The third kappa shape index (κ3) is 2.26. The van der Waals surface area contributed by atoms with E-state index < -0.39 is 0 Å². The molecule has 1 aliphatic rings. The highest BCUT2D eigenvalue weighted by Crippen LogP contribution is 2.28. The second kappa shape index (κ2) is 4.71. The summed E-state index contributed by atoms with van der Waals surface area (Å²) in [6.07, 6.45) is 1.84. The molecule has 2 heterocycles. The molecule has 0 spiro atoms. The number of benzene rings is 1. The fraction of sp³-hybridized carbons (Fsp3) is 0.214. The molecule has 1 aromatic carbocycles. The van der Waals surface area contributed by atoms with Crippen molar-refractivity contribution < 1.29 is 0 Å². The fourth-order valence-electron chi connectivity index (χ4n) is 2.36. The first-order valence-corrected chi connectivity index (χ1v) is 6.71. The molecule has 1 aromatic heterocycles.